The molecule has 2 aromatic rings. The molecule has 1 aliphatic rings. The molecule has 0 unspecified atom stereocenters. The van der Waals surface area contributed by atoms with Crippen molar-refractivity contribution in [2.24, 2.45) is 5.41 Å². The molecule has 0 aliphatic heterocycles. The zero-order valence-corrected chi connectivity index (χ0v) is 19.8. The SMILES string of the molecule is CC(C)(C)[C@@H](NC(=O)CCOCCNC(=O)OCC1c2ccccc2-c2ccccc21)C(=O)O. The summed E-state index contributed by atoms with van der Waals surface area (Å²) in [4.78, 5) is 35.4. The van der Waals surface area contributed by atoms with Gasteiger partial charge in [-0.2, -0.15) is 0 Å². The predicted molar refractivity (Wildman–Crippen MR) is 128 cm³/mol. The van der Waals surface area contributed by atoms with Gasteiger partial charge in [-0.15, -0.1) is 0 Å². The Balaban J connectivity index is 1.35. The molecule has 8 heteroatoms. The van der Waals surface area contributed by atoms with Crippen molar-refractivity contribution in [2.45, 2.75) is 39.2 Å². The maximum Gasteiger partial charge on any atom is 0.407 e. The third-order valence-corrected chi connectivity index (χ3v) is 5.75. The van der Waals surface area contributed by atoms with Crippen molar-refractivity contribution in [3.63, 3.8) is 0 Å². The first kappa shape index (κ1) is 25.2. The van der Waals surface area contributed by atoms with Crippen LogP contribution >= 0.6 is 0 Å². The summed E-state index contributed by atoms with van der Waals surface area (Å²) in [7, 11) is 0. The molecule has 0 heterocycles. The van der Waals surface area contributed by atoms with Crippen molar-refractivity contribution in [2.75, 3.05) is 26.4 Å². The highest BCUT2D eigenvalue weighted by Gasteiger charge is 2.32. The van der Waals surface area contributed by atoms with Crippen molar-refractivity contribution < 1.29 is 29.0 Å². The molecular formula is C26H32N2O6. The van der Waals surface area contributed by atoms with E-state index in [9.17, 15) is 19.5 Å². The monoisotopic (exact) mass is 468 g/mol. The summed E-state index contributed by atoms with van der Waals surface area (Å²) in [6, 6.07) is 15.3. The van der Waals surface area contributed by atoms with Crippen molar-refractivity contribution in [3.8, 4) is 11.1 Å². The number of carboxylic acids is 1. The van der Waals surface area contributed by atoms with Gasteiger partial charge in [0.25, 0.3) is 0 Å². The Bertz CT molecular complexity index is 984. The fourth-order valence-electron chi connectivity index (χ4n) is 4.02. The lowest BCUT2D eigenvalue weighted by Crippen LogP contribution is -2.49. The number of hydrogen-bond donors (Lipinski definition) is 3. The van der Waals surface area contributed by atoms with Gasteiger partial charge in [-0.1, -0.05) is 69.3 Å². The van der Waals surface area contributed by atoms with Crippen molar-refractivity contribution in [1.82, 2.24) is 10.6 Å². The zero-order valence-electron chi connectivity index (χ0n) is 19.8. The van der Waals surface area contributed by atoms with Crippen molar-refractivity contribution >= 4 is 18.0 Å². The van der Waals surface area contributed by atoms with Gasteiger partial charge in [0.05, 0.1) is 13.2 Å². The average Bonchev–Trinajstić information content (AvgIpc) is 3.11. The fourth-order valence-corrected chi connectivity index (χ4v) is 4.02. The van der Waals surface area contributed by atoms with Crippen LogP contribution in [-0.2, 0) is 19.1 Å². The van der Waals surface area contributed by atoms with Gasteiger partial charge >= 0.3 is 12.1 Å². The van der Waals surface area contributed by atoms with E-state index in [-0.39, 0.29) is 38.7 Å². The molecule has 0 saturated heterocycles. The van der Waals surface area contributed by atoms with Gasteiger partial charge in [-0.3, -0.25) is 4.79 Å². The van der Waals surface area contributed by atoms with Gasteiger partial charge in [0.1, 0.15) is 12.6 Å². The van der Waals surface area contributed by atoms with Crippen LogP contribution in [0.15, 0.2) is 48.5 Å². The first-order valence-electron chi connectivity index (χ1n) is 11.4. The zero-order chi connectivity index (χ0) is 24.7. The fraction of sp³-hybridized carbons (Fsp3) is 0.423. The third-order valence-electron chi connectivity index (χ3n) is 5.75. The van der Waals surface area contributed by atoms with Crippen LogP contribution in [0.2, 0.25) is 0 Å². The molecule has 3 rings (SSSR count). The summed E-state index contributed by atoms with van der Waals surface area (Å²) in [5.74, 6) is -1.48. The molecule has 1 aliphatic carbocycles. The lowest BCUT2D eigenvalue weighted by atomic mass is 9.86. The van der Waals surface area contributed by atoms with E-state index >= 15 is 0 Å². The molecule has 1 atom stereocenters. The normalized spacial score (nSPS) is 13.5. The van der Waals surface area contributed by atoms with E-state index in [2.05, 4.69) is 34.9 Å². The molecule has 0 spiro atoms. The molecule has 0 saturated carbocycles. The van der Waals surface area contributed by atoms with Gasteiger partial charge in [-0.25, -0.2) is 9.59 Å². The van der Waals surface area contributed by atoms with Crippen molar-refractivity contribution in [3.05, 3.63) is 59.7 Å². The molecule has 0 radical (unpaired) electrons. The van der Waals surface area contributed by atoms with Gasteiger partial charge < -0.3 is 25.2 Å². The second-order valence-corrected chi connectivity index (χ2v) is 9.32. The number of benzene rings is 2. The average molecular weight is 469 g/mol. The molecule has 34 heavy (non-hydrogen) atoms. The summed E-state index contributed by atoms with van der Waals surface area (Å²) in [5.41, 5.74) is 4.03. The Labute approximate surface area is 199 Å². The summed E-state index contributed by atoms with van der Waals surface area (Å²) in [6.45, 7) is 6.04. The number of nitrogens with one attached hydrogen (secondary N) is 2. The molecule has 0 bridgehead atoms. The molecule has 8 nitrogen and oxygen atoms in total. The van der Waals surface area contributed by atoms with Gasteiger partial charge in [0, 0.05) is 18.9 Å². The summed E-state index contributed by atoms with van der Waals surface area (Å²) in [5, 5.41) is 14.4. The predicted octanol–water partition coefficient (Wildman–Crippen LogP) is 3.55. The maximum atomic E-state index is 12.1. The number of carbonyl (C=O) groups excluding carboxylic acids is 2. The topological polar surface area (TPSA) is 114 Å². The Kier molecular flexibility index (Phi) is 8.28. The summed E-state index contributed by atoms with van der Waals surface area (Å²) in [6.07, 6.45) is -0.497. The van der Waals surface area contributed by atoms with E-state index in [1.54, 1.807) is 20.8 Å². The number of alkyl carbamates (subject to hydrolysis) is 1. The standard InChI is InChI=1S/C26H32N2O6/c1-26(2,3)23(24(30)31)28-22(29)12-14-33-15-13-27-25(32)34-16-21-19-10-6-4-8-17(19)18-9-5-7-11-20(18)21/h4-11,21,23H,12-16H2,1-3H3,(H,27,32)(H,28,29)(H,30,31)/t23-/m0/s1. The van der Waals surface area contributed by atoms with E-state index in [0.717, 1.165) is 11.1 Å². The third kappa shape index (κ3) is 6.35. The van der Waals surface area contributed by atoms with Crippen LogP contribution in [0, 0.1) is 5.41 Å². The number of rotatable bonds is 10. The number of aliphatic carboxylic acids is 1. The maximum absolute atomic E-state index is 12.1. The quantitative estimate of drug-likeness (QED) is 0.460. The van der Waals surface area contributed by atoms with E-state index in [1.165, 1.54) is 11.1 Å². The van der Waals surface area contributed by atoms with Crippen LogP contribution < -0.4 is 10.6 Å². The summed E-state index contributed by atoms with van der Waals surface area (Å²) >= 11 is 0. The first-order chi connectivity index (χ1) is 16.2. The van der Waals surface area contributed by atoms with Crippen LogP contribution in [0.5, 0.6) is 0 Å². The molecule has 182 valence electrons. The van der Waals surface area contributed by atoms with Gasteiger partial charge in [0.15, 0.2) is 0 Å². The lowest BCUT2D eigenvalue weighted by molar-refractivity contribution is -0.145. The highest BCUT2D eigenvalue weighted by atomic mass is 16.5. The number of carbonyl (C=O) groups is 3. The van der Waals surface area contributed by atoms with E-state index in [4.69, 9.17) is 9.47 Å². The number of fused-ring (bicyclic) bond motifs is 3. The van der Waals surface area contributed by atoms with E-state index in [0.29, 0.717) is 0 Å². The molecule has 0 aromatic heterocycles. The van der Waals surface area contributed by atoms with Crippen LogP contribution in [0.1, 0.15) is 44.2 Å². The van der Waals surface area contributed by atoms with Crippen molar-refractivity contribution in [1.29, 1.82) is 0 Å². The lowest BCUT2D eigenvalue weighted by Gasteiger charge is -2.27. The van der Waals surface area contributed by atoms with Crippen LogP contribution in [-0.4, -0.2) is 55.5 Å². The Morgan fingerprint density at radius 3 is 2.12 bits per heavy atom. The number of ether oxygens (including phenoxy) is 2. The minimum atomic E-state index is -1.07. The van der Waals surface area contributed by atoms with E-state index < -0.39 is 29.4 Å². The van der Waals surface area contributed by atoms with Crippen LogP contribution in [0.25, 0.3) is 11.1 Å². The summed E-state index contributed by atoms with van der Waals surface area (Å²) < 4.78 is 10.8. The van der Waals surface area contributed by atoms with Crippen LogP contribution in [0.3, 0.4) is 0 Å². The smallest absolute Gasteiger partial charge is 0.407 e. The Hall–Kier alpha value is -3.39. The van der Waals surface area contributed by atoms with Crippen LogP contribution in [0.4, 0.5) is 4.79 Å². The first-order valence-corrected chi connectivity index (χ1v) is 11.4. The molecule has 2 amide bonds. The highest BCUT2D eigenvalue weighted by molar-refractivity contribution is 5.84. The molecular weight excluding hydrogens is 436 g/mol. The minimum Gasteiger partial charge on any atom is -0.480 e. The second-order valence-electron chi connectivity index (χ2n) is 9.32. The number of amides is 2. The molecule has 0 fully saturated rings. The Morgan fingerprint density at radius 2 is 1.56 bits per heavy atom. The number of hydrogen-bond acceptors (Lipinski definition) is 5. The Morgan fingerprint density at radius 1 is 0.971 bits per heavy atom. The highest BCUT2D eigenvalue weighted by Crippen LogP contribution is 2.44. The number of carboxylic acid groups (broad SMARTS) is 1. The minimum absolute atomic E-state index is 0.00404. The van der Waals surface area contributed by atoms with Gasteiger partial charge in [-0.05, 0) is 27.7 Å². The van der Waals surface area contributed by atoms with Gasteiger partial charge in [0.2, 0.25) is 5.91 Å². The van der Waals surface area contributed by atoms with E-state index in [1.807, 2.05) is 24.3 Å². The second kappa shape index (κ2) is 11.2. The molecule has 3 N–H and O–H groups in total. The largest absolute Gasteiger partial charge is 0.480 e. The molecule has 2 aromatic carbocycles.